The molecule has 0 atom stereocenters. The molecule has 0 aliphatic rings. The lowest BCUT2D eigenvalue weighted by Gasteiger charge is -2.00. The molecule has 0 bridgehead atoms. The minimum absolute atomic E-state index is 0.0376. The Morgan fingerprint density at radius 1 is 1.42 bits per heavy atom. The number of carboxylic acid groups (broad SMARTS) is 1. The maximum atomic E-state index is 13.0. The fourth-order valence-corrected chi connectivity index (χ4v) is 1.80. The van der Waals surface area contributed by atoms with Crippen molar-refractivity contribution in [2.45, 2.75) is 0 Å². The van der Waals surface area contributed by atoms with Crippen molar-refractivity contribution in [2.75, 3.05) is 0 Å². The summed E-state index contributed by atoms with van der Waals surface area (Å²) in [4.78, 5) is 10.5. The molecule has 1 N–H and O–H groups in total. The normalized spacial score (nSPS) is 9.92. The summed E-state index contributed by atoms with van der Waals surface area (Å²) in [6.07, 6.45) is 0. The standard InChI is InChI=1S/C7H3Br2FO2/c8-4-2-1-3(7(11)12)5(9)6(4)10/h1-2H,(H,11,12). The summed E-state index contributed by atoms with van der Waals surface area (Å²) in [7, 11) is 0. The Morgan fingerprint density at radius 2 is 2.00 bits per heavy atom. The second kappa shape index (κ2) is 3.53. The van der Waals surface area contributed by atoms with Gasteiger partial charge in [0.05, 0.1) is 14.5 Å². The van der Waals surface area contributed by atoms with Gasteiger partial charge in [-0.2, -0.15) is 0 Å². The molecule has 1 aromatic rings. The molecule has 0 spiro atoms. The molecule has 0 saturated heterocycles. The van der Waals surface area contributed by atoms with Crippen LogP contribution < -0.4 is 0 Å². The summed E-state index contributed by atoms with van der Waals surface area (Å²) in [5.74, 6) is -1.76. The van der Waals surface area contributed by atoms with Gasteiger partial charge >= 0.3 is 5.97 Å². The van der Waals surface area contributed by atoms with Crippen molar-refractivity contribution >= 4 is 37.8 Å². The first-order valence-electron chi connectivity index (χ1n) is 2.91. The number of aromatic carboxylic acids is 1. The Morgan fingerprint density at radius 3 is 2.50 bits per heavy atom. The molecule has 0 radical (unpaired) electrons. The second-order valence-corrected chi connectivity index (χ2v) is 3.68. The maximum absolute atomic E-state index is 13.0. The van der Waals surface area contributed by atoms with Crippen LogP contribution in [0.15, 0.2) is 21.1 Å². The first-order chi connectivity index (χ1) is 5.54. The predicted molar refractivity (Wildman–Crippen MR) is 48.8 cm³/mol. The first-order valence-corrected chi connectivity index (χ1v) is 4.49. The van der Waals surface area contributed by atoms with Gasteiger partial charge in [0.1, 0.15) is 0 Å². The molecule has 1 aromatic carbocycles. The summed E-state index contributed by atoms with van der Waals surface area (Å²) in [5.41, 5.74) is -0.0873. The Balaban J connectivity index is 3.36. The second-order valence-electron chi connectivity index (χ2n) is 2.03. The zero-order valence-electron chi connectivity index (χ0n) is 5.64. The van der Waals surface area contributed by atoms with E-state index in [0.717, 1.165) is 0 Å². The number of rotatable bonds is 1. The number of benzene rings is 1. The van der Waals surface area contributed by atoms with E-state index < -0.39 is 11.8 Å². The van der Waals surface area contributed by atoms with E-state index in [1.165, 1.54) is 12.1 Å². The molecule has 5 heteroatoms. The van der Waals surface area contributed by atoms with Crippen LogP contribution in [0.25, 0.3) is 0 Å². The third-order valence-corrected chi connectivity index (χ3v) is 2.65. The Bertz CT molecular complexity index is 338. The van der Waals surface area contributed by atoms with Gasteiger partial charge in [-0.15, -0.1) is 0 Å². The van der Waals surface area contributed by atoms with Crippen LogP contribution in [-0.2, 0) is 0 Å². The van der Waals surface area contributed by atoms with Crippen molar-refractivity contribution in [3.05, 3.63) is 32.5 Å². The summed E-state index contributed by atoms with van der Waals surface area (Å²) in [6.45, 7) is 0. The molecule has 0 heterocycles. The van der Waals surface area contributed by atoms with Crippen LogP contribution >= 0.6 is 31.9 Å². The van der Waals surface area contributed by atoms with Crippen LogP contribution in [0.5, 0.6) is 0 Å². The lowest BCUT2D eigenvalue weighted by Crippen LogP contribution is -1.99. The quantitative estimate of drug-likeness (QED) is 0.809. The van der Waals surface area contributed by atoms with E-state index in [-0.39, 0.29) is 14.5 Å². The molecule has 2 nitrogen and oxygen atoms in total. The Kier molecular flexibility index (Phi) is 2.85. The van der Waals surface area contributed by atoms with Crippen molar-refractivity contribution in [2.24, 2.45) is 0 Å². The Labute approximate surface area is 84.7 Å². The number of hydrogen-bond donors (Lipinski definition) is 1. The van der Waals surface area contributed by atoms with Gasteiger partial charge in [0, 0.05) is 0 Å². The fourth-order valence-electron chi connectivity index (χ4n) is 0.691. The molecule has 0 aliphatic carbocycles. The average molecular weight is 298 g/mol. The minimum atomic E-state index is -1.16. The van der Waals surface area contributed by atoms with Gasteiger partial charge in [-0.25, -0.2) is 9.18 Å². The van der Waals surface area contributed by atoms with Gasteiger partial charge in [-0.1, -0.05) is 0 Å². The Hall–Kier alpha value is -0.420. The van der Waals surface area contributed by atoms with E-state index in [1.54, 1.807) is 0 Å². The number of hydrogen-bond acceptors (Lipinski definition) is 1. The van der Waals surface area contributed by atoms with Gasteiger partial charge in [-0.05, 0) is 44.0 Å². The molecular weight excluding hydrogens is 295 g/mol. The molecule has 64 valence electrons. The van der Waals surface area contributed by atoms with Crippen molar-refractivity contribution in [1.29, 1.82) is 0 Å². The number of halogens is 3. The summed E-state index contributed by atoms with van der Waals surface area (Å²) >= 11 is 5.78. The summed E-state index contributed by atoms with van der Waals surface area (Å²) < 4.78 is 13.2. The van der Waals surface area contributed by atoms with Crippen LogP contribution in [0.3, 0.4) is 0 Å². The monoisotopic (exact) mass is 296 g/mol. The van der Waals surface area contributed by atoms with E-state index in [2.05, 4.69) is 31.9 Å². The summed E-state index contributed by atoms with van der Waals surface area (Å²) in [5, 5.41) is 8.57. The molecular formula is C7H3Br2FO2. The molecule has 0 aromatic heterocycles. The van der Waals surface area contributed by atoms with Crippen molar-refractivity contribution in [3.8, 4) is 0 Å². The minimum Gasteiger partial charge on any atom is -0.478 e. The SMILES string of the molecule is O=C(O)c1ccc(Br)c(F)c1Br. The zero-order valence-corrected chi connectivity index (χ0v) is 8.82. The number of carbonyl (C=O) groups is 1. The third-order valence-electron chi connectivity index (χ3n) is 1.27. The fraction of sp³-hybridized carbons (Fsp3) is 0. The van der Waals surface area contributed by atoms with Crippen LogP contribution in [0, 0.1) is 5.82 Å². The highest BCUT2D eigenvalue weighted by Gasteiger charge is 2.13. The molecule has 0 amide bonds. The zero-order chi connectivity index (χ0) is 9.30. The van der Waals surface area contributed by atoms with E-state index in [1.807, 2.05) is 0 Å². The largest absolute Gasteiger partial charge is 0.478 e. The van der Waals surface area contributed by atoms with Crippen LogP contribution in [0.2, 0.25) is 0 Å². The van der Waals surface area contributed by atoms with E-state index in [0.29, 0.717) is 0 Å². The van der Waals surface area contributed by atoms with Crippen molar-refractivity contribution < 1.29 is 14.3 Å². The molecule has 12 heavy (non-hydrogen) atoms. The first kappa shape index (κ1) is 9.67. The molecule has 0 saturated carbocycles. The van der Waals surface area contributed by atoms with Gasteiger partial charge in [-0.3, -0.25) is 0 Å². The van der Waals surface area contributed by atoms with Crippen molar-refractivity contribution in [1.82, 2.24) is 0 Å². The lowest BCUT2D eigenvalue weighted by molar-refractivity contribution is 0.0695. The lowest BCUT2D eigenvalue weighted by atomic mass is 10.2. The molecule has 0 unspecified atom stereocenters. The summed E-state index contributed by atoms with van der Waals surface area (Å²) in [6, 6.07) is 2.67. The maximum Gasteiger partial charge on any atom is 0.336 e. The number of carboxylic acids is 1. The smallest absolute Gasteiger partial charge is 0.336 e. The van der Waals surface area contributed by atoms with E-state index in [4.69, 9.17) is 5.11 Å². The topological polar surface area (TPSA) is 37.3 Å². The van der Waals surface area contributed by atoms with Gasteiger partial charge in [0.2, 0.25) is 0 Å². The highest BCUT2D eigenvalue weighted by molar-refractivity contribution is 9.11. The molecule has 0 aliphatic heterocycles. The highest BCUT2D eigenvalue weighted by Crippen LogP contribution is 2.26. The molecule has 1 rings (SSSR count). The van der Waals surface area contributed by atoms with Gasteiger partial charge < -0.3 is 5.11 Å². The van der Waals surface area contributed by atoms with E-state index >= 15 is 0 Å². The van der Waals surface area contributed by atoms with Gasteiger partial charge in [0.15, 0.2) is 5.82 Å². The molecule has 0 fully saturated rings. The van der Waals surface area contributed by atoms with E-state index in [9.17, 15) is 9.18 Å². The third kappa shape index (κ3) is 1.67. The van der Waals surface area contributed by atoms with Crippen LogP contribution in [0.1, 0.15) is 10.4 Å². The predicted octanol–water partition coefficient (Wildman–Crippen LogP) is 3.05. The van der Waals surface area contributed by atoms with Crippen LogP contribution in [-0.4, -0.2) is 11.1 Å². The highest BCUT2D eigenvalue weighted by atomic mass is 79.9. The average Bonchev–Trinajstić information content (AvgIpc) is 2.00. The van der Waals surface area contributed by atoms with Crippen LogP contribution in [0.4, 0.5) is 4.39 Å². The van der Waals surface area contributed by atoms with Gasteiger partial charge in [0.25, 0.3) is 0 Å². The van der Waals surface area contributed by atoms with Crippen molar-refractivity contribution in [3.63, 3.8) is 0 Å².